The highest BCUT2D eigenvalue weighted by molar-refractivity contribution is 5.60. The van der Waals surface area contributed by atoms with Crippen LogP contribution >= 0.6 is 0 Å². The molecule has 76 valence electrons. The quantitative estimate of drug-likeness (QED) is 0.750. The molecule has 0 saturated carbocycles. The molecule has 2 heteroatoms. The zero-order chi connectivity index (χ0) is 11.3. The van der Waals surface area contributed by atoms with Crippen LogP contribution < -0.4 is 4.90 Å². The summed E-state index contributed by atoms with van der Waals surface area (Å²) in [7, 11) is 0. The van der Waals surface area contributed by atoms with Crippen molar-refractivity contribution in [3.63, 3.8) is 0 Å². The highest BCUT2D eigenvalue weighted by Crippen LogP contribution is 2.27. The Morgan fingerprint density at radius 1 is 1.27 bits per heavy atom. The molecular weight excluding hydrogens is 186 g/mol. The zero-order valence-corrected chi connectivity index (χ0v) is 8.70. The molecule has 0 saturated heterocycles. The van der Waals surface area contributed by atoms with E-state index in [4.69, 9.17) is 12.8 Å². The second-order valence-corrected chi connectivity index (χ2v) is 3.26. The summed E-state index contributed by atoms with van der Waals surface area (Å²) >= 11 is 0. The van der Waals surface area contributed by atoms with Crippen LogP contribution in [-0.4, -0.2) is 18.2 Å². The fourth-order valence-corrected chi connectivity index (χ4v) is 1.35. The third-order valence-corrected chi connectivity index (χ3v) is 2.04. The molecule has 0 atom stereocenters. The van der Waals surface area contributed by atoms with E-state index in [0.29, 0.717) is 18.8 Å². The van der Waals surface area contributed by atoms with Crippen molar-refractivity contribution in [3.8, 4) is 30.4 Å². The SMILES string of the molecule is C#CCN(CC#C)c1ccc(C)cc1O. The number of phenolic OH excluding ortho intramolecular Hbond substituents is 1. The van der Waals surface area contributed by atoms with Gasteiger partial charge in [0.05, 0.1) is 18.8 Å². The van der Waals surface area contributed by atoms with Crippen LogP contribution in [0, 0.1) is 31.6 Å². The normalized spacial score (nSPS) is 9.00. The molecule has 2 nitrogen and oxygen atoms in total. The maximum absolute atomic E-state index is 9.74. The lowest BCUT2D eigenvalue weighted by Gasteiger charge is -2.20. The molecule has 1 N–H and O–H groups in total. The number of benzene rings is 1. The van der Waals surface area contributed by atoms with Gasteiger partial charge >= 0.3 is 0 Å². The van der Waals surface area contributed by atoms with Crippen LogP contribution in [-0.2, 0) is 0 Å². The Labute approximate surface area is 90.5 Å². The number of phenols is 1. The van der Waals surface area contributed by atoms with Gasteiger partial charge in [0.2, 0.25) is 0 Å². The Bertz CT molecular complexity index is 407. The summed E-state index contributed by atoms with van der Waals surface area (Å²) in [6.45, 7) is 2.69. The number of terminal acetylenes is 2. The Balaban J connectivity index is 3.02. The van der Waals surface area contributed by atoms with Crippen LogP contribution in [0.1, 0.15) is 5.56 Å². The molecule has 1 aromatic carbocycles. The Morgan fingerprint density at radius 3 is 2.33 bits per heavy atom. The van der Waals surface area contributed by atoms with Crippen molar-refractivity contribution in [1.29, 1.82) is 0 Å². The van der Waals surface area contributed by atoms with Gasteiger partial charge < -0.3 is 10.0 Å². The first-order valence-corrected chi connectivity index (χ1v) is 4.60. The predicted molar refractivity (Wildman–Crippen MR) is 62.7 cm³/mol. The van der Waals surface area contributed by atoms with Gasteiger partial charge in [-0.15, -0.1) is 12.8 Å². The maximum atomic E-state index is 9.74. The van der Waals surface area contributed by atoms with Crippen LogP contribution in [0.3, 0.4) is 0 Å². The number of hydrogen-bond donors (Lipinski definition) is 1. The summed E-state index contributed by atoms with van der Waals surface area (Å²) in [6, 6.07) is 5.42. The second-order valence-electron chi connectivity index (χ2n) is 3.26. The summed E-state index contributed by atoms with van der Waals surface area (Å²) in [6.07, 6.45) is 10.5. The molecule has 0 aromatic heterocycles. The van der Waals surface area contributed by atoms with Crippen LogP contribution in [0.2, 0.25) is 0 Å². The minimum atomic E-state index is 0.209. The summed E-state index contributed by atoms with van der Waals surface area (Å²) < 4.78 is 0. The minimum Gasteiger partial charge on any atom is -0.506 e. The smallest absolute Gasteiger partial charge is 0.139 e. The molecule has 0 fully saturated rings. The lowest BCUT2D eigenvalue weighted by atomic mass is 10.2. The molecule has 0 amide bonds. The first-order chi connectivity index (χ1) is 7.19. The van der Waals surface area contributed by atoms with Crippen molar-refractivity contribution in [2.24, 2.45) is 0 Å². The summed E-state index contributed by atoms with van der Waals surface area (Å²) in [5, 5.41) is 9.74. The highest BCUT2D eigenvalue weighted by atomic mass is 16.3. The molecule has 1 aromatic rings. The van der Waals surface area contributed by atoms with E-state index in [1.54, 1.807) is 11.0 Å². The number of nitrogens with zero attached hydrogens (tertiary/aromatic N) is 1. The van der Waals surface area contributed by atoms with E-state index in [1.807, 2.05) is 19.1 Å². The summed E-state index contributed by atoms with van der Waals surface area (Å²) in [5.41, 5.74) is 1.68. The topological polar surface area (TPSA) is 23.5 Å². The average Bonchev–Trinajstić information content (AvgIpc) is 2.17. The number of aromatic hydroxyl groups is 1. The van der Waals surface area contributed by atoms with Gasteiger partial charge in [-0.25, -0.2) is 0 Å². The molecule has 0 unspecified atom stereocenters. The monoisotopic (exact) mass is 199 g/mol. The van der Waals surface area contributed by atoms with E-state index >= 15 is 0 Å². The lowest BCUT2D eigenvalue weighted by molar-refractivity contribution is 0.474. The molecule has 0 aliphatic rings. The van der Waals surface area contributed by atoms with Crippen molar-refractivity contribution in [1.82, 2.24) is 0 Å². The van der Waals surface area contributed by atoms with E-state index in [9.17, 15) is 5.11 Å². The average molecular weight is 199 g/mol. The Hall–Kier alpha value is -2.06. The minimum absolute atomic E-state index is 0.209. The van der Waals surface area contributed by atoms with Crippen molar-refractivity contribution < 1.29 is 5.11 Å². The number of hydrogen-bond acceptors (Lipinski definition) is 2. The third kappa shape index (κ3) is 2.69. The van der Waals surface area contributed by atoms with E-state index in [2.05, 4.69) is 11.8 Å². The molecule has 15 heavy (non-hydrogen) atoms. The molecule has 0 bridgehead atoms. The van der Waals surface area contributed by atoms with E-state index in [-0.39, 0.29) is 5.75 Å². The van der Waals surface area contributed by atoms with Crippen molar-refractivity contribution in [2.45, 2.75) is 6.92 Å². The lowest BCUT2D eigenvalue weighted by Crippen LogP contribution is -2.23. The molecule has 1 rings (SSSR count). The van der Waals surface area contributed by atoms with E-state index in [1.165, 1.54) is 0 Å². The van der Waals surface area contributed by atoms with E-state index < -0.39 is 0 Å². The molecule has 0 heterocycles. The van der Waals surface area contributed by atoms with Gasteiger partial charge in [0, 0.05) is 0 Å². The fourth-order valence-electron chi connectivity index (χ4n) is 1.35. The van der Waals surface area contributed by atoms with Gasteiger partial charge in [-0.3, -0.25) is 0 Å². The predicted octanol–water partition coefficient (Wildman–Crippen LogP) is 1.77. The summed E-state index contributed by atoms with van der Waals surface area (Å²) in [4.78, 5) is 1.77. The first-order valence-electron chi connectivity index (χ1n) is 4.60. The van der Waals surface area contributed by atoms with Gasteiger partial charge in [0.25, 0.3) is 0 Å². The second kappa shape index (κ2) is 4.98. The molecule has 0 aliphatic heterocycles. The van der Waals surface area contributed by atoms with Gasteiger partial charge in [0.1, 0.15) is 5.75 Å². The van der Waals surface area contributed by atoms with Crippen LogP contribution in [0.5, 0.6) is 5.75 Å². The standard InChI is InChI=1S/C13H13NO/c1-4-8-14(9-5-2)12-7-6-11(3)10-13(12)15/h1-2,6-7,10,15H,8-9H2,3H3. The fraction of sp³-hybridized carbons (Fsp3) is 0.231. The van der Waals surface area contributed by atoms with Crippen molar-refractivity contribution in [3.05, 3.63) is 23.8 Å². The first kappa shape index (κ1) is 11.0. The molecule has 0 radical (unpaired) electrons. The number of aryl methyl sites for hydroxylation is 1. The molecule has 0 aliphatic carbocycles. The Kier molecular flexibility index (Phi) is 3.66. The Morgan fingerprint density at radius 2 is 1.87 bits per heavy atom. The number of anilines is 1. The van der Waals surface area contributed by atoms with Gasteiger partial charge in [0.15, 0.2) is 0 Å². The van der Waals surface area contributed by atoms with Crippen LogP contribution in [0.4, 0.5) is 5.69 Å². The zero-order valence-electron chi connectivity index (χ0n) is 8.70. The van der Waals surface area contributed by atoms with E-state index in [0.717, 1.165) is 5.56 Å². The summed E-state index contributed by atoms with van der Waals surface area (Å²) in [5.74, 6) is 5.23. The molecule has 0 spiro atoms. The van der Waals surface area contributed by atoms with Crippen molar-refractivity contribution in [2.75, 3.05) is 18.0 Å². The number of rotatable bonds is 3. The largest absolute Gasteiger partial charge is 0.506 e. The molecular formula is C13H13NO. The van der Waals surface area contributed by atoms with Gasteiger partial charge in [-0.2, -0.15) is 0 Å². The van der Waals surface area contributed by atoms with Crippen LogP contribution in [0.15, 0.2) is 18.2 Å². The van der Waals surface area contributed by atoms with Gasteiger partial charge in [-0.05, 0) is 24.6 Å². The third-order valence-electron chi connectivity index (χ3n) is 2.04. The van der Waals surface area contributed by atoms with Crippen molar-refractivity contribution >= 4 is 5.69 Å². The van der Waals surface area contributed by atoms with Gasteiger partial charge in [-0.1, -0.05) is 17.9 Å². The maximum Gasteiger partial charge on any atom is 0.139 e. The highest BCUT2D eigenvalue weighted by Gasteiger charge is 2.08. The van der Waals surface area contributed by atoms with Crippen LogP contribution in [0.25, 0.3) is 0 Å².